The first kappa shape index (κ1) is 40.6. The molecule has 296 valence electrons. The first-order valence-corrected chi connectivity index (χ1v) is 19.8. The summed E-state index contributed by atoms with van der Waals surface area (Å²) in [6.45, 7) is 6.90. The van der Waals surface area contributed by atoms with E-state index >= 15 is 0 Å². The maximum Gasteiger partial charge on any atom is 0.303 e. The average Bonchev–Trinajstić information content (AvgIpc) is 3.66. The molecule has 0 aliphatic carbocycles. The lowest BCUT2D eigenvalue weighted by Crippen LogP contribution is -2.57. The quantitative estimate of drug-likeness (QED) is 0.203. The summed E-state index contributed by atoms with van der Waals surface area (Å²) in [5, 5.41) is 10.0. The molecular weight excluding hydrogens is 743 g/mol. The summed E-state index contributed by atoms with van der Waals surface area (Å²) in [5.74, 6) is 0.567. The fraction of sp³-hybridized carbons (Fsp3) is 0.500. The predicted molar refractivity (Wildman–Crippen MR) is 213 cm³/mol. The summed E-state index contributed by atoms with van der Waals surface area (Å²) >= 11 is 13.0. The van der Waals surface area contributed by atoms with E-state index in [0.717, 1.165) is 63.2 Å². The Kier molecular flexibility index (Phi) is 13.2. The van der Waals surface area contributed by atoms with E-state index in [4.69, 9.17) is 42.5 Å². The van der Waals surface area contributed by atoms with Gasteiger partial charge in [-0.1, -0.05) is 59.6 Å². The number of ether oxygens (including phenoxy) is 3. The molecule has 3 aromatic rings. The van der Waals surface area contributed by atoms with Crippen LogP contribution in [0.15, 0.2) is 60.7 Å². The monoisotopic (exact) mass is 794 g/mol. The van der Waals surface area contributed by atoms with Gasteiger partial charge in [-0.15, -0.1) is 0 Å². The van der Waals surface area contributed by atoms with Crippen LogP contribution >= 0.6 is 23.2 Å². The predicted octanol–water partition coefficient (Wildman–Crippen LogP) is 6.24. The van der Waals surface area contributed by atoms with Crippen molar-refractivity contribution < 1.29 is 33.7 Å². The van der Waals surface area contributed by atoms with Gasteiger partial charge in [-0.25, -0.2) is 0 Å². The smallest absolute Gasteiger partial charge is 0.303 e. The van der Waals surface area contributed by atoms with Crippen LogP contribution in [0.5, 0.6) is 17.2 Å². The molecule has 55 heavy (non-hydrogen) atoms. The molecule has 0 unspecified atom stereocenters. The largest absolute Gasteiger partial charge is 0.493 e. The Morgan fingerprint density at radius 1 is 0.709 bits per heavy atom. The van der Waals surface area contributed by atoms with Gasteiger partial charge in [-0.3, -0.25) is 19.3 Å². The van der Waals surface area contributed by atoms with Gasteiger partial charge < -0.3 is 34.0 Å². The zero-order valence-corrected chi connectivity index (χ0v) is 33.5. The van der Waals surface area contributed by atoms with Gasteiger partial charge in [0.05, 0.1) is 36.8 Å². The summed E-state index contributed by atoms with van der Waals surface area (Å²) in [5.41, 5.74) is 1.60. The highest BCUT2D eigenvalue weighted by molar-refractivity contribution is 6.42. The van der Waals surface area contributed by atoms with Crippen LogP contribution in [0, 0.1) is 0 Å². The number of carboxylic acids is 1. The first-order valence-electron chi connectivity index (χ1n) is 19.1. The molecule has 3 aromatic carbocycles. The normalized spacial score (nSPS) is 20.3. The van der Waals surface area contributed by atoms with Gasteiger partial charge in [0.1, 0.15) is 0 Å². The van der Waals surface area contributed by atoms with E-state index in [1.165, 1.54) is 21.3 Å². The van der Waals surface area contributed by atoms with Crippen LogP contribution < -0.4 is 14.2 Å². The number of hydrogen-bond acceptors (Lipinski definition) is 8. The third-order valence-corrected chi connectivity index (χ3v) is 12.7. The van der Waals surface area contributed by atoms with E-state index in [0.29, 0.717) is 78.3 Å². The summed E-state index contributed by atoms with van der Waals surface area (Å²) in [6.07, 6.45) is 3.73. The Balaban J connectivity index is 1.16. The molecule has 0 saturated carbocycles. The molecule has 0 spiro atoms. The third-order valence-electron chi connectivity index (χ3n) is 12.0. The lowest BCUT2D eigenvalue weighted by atomic mass is 9.71. The molecule has 6 rings (SSSR count). The van der Waals surface area contributed by atoms with Crippen molar-refractivity contribution in [3.8, 4) is 17.2 Å². The van der Waals surface area contributed by atoms with Gasteiger partial charge in [-0.2, -0.15) is 0 Å². The van der Waals surface area contributed by atoms with Crippen LogP contribution in [-0.2, 0) is 20.4 Å². The Bertz CT molecular complexity index is 1800. The van der Waals surface area contributed by atoms with Crippen LogP contribution in [0.3, 0.4) is 0 Å². The molecule has 2 amide bonds. The van der Waals surface area contributed by atoms with E-state index in [2.05, 4.69) is 21.9 Å². The Hall–Kier alpha value is -4.03. The summed E-state index contributed by atoms with van der Waals surface area (Å²) in [7, 11) is 4.60. The minimum atomic E-state index is -0.776. The van der Waals surface area contributed by atoms with Gasteiger partial charge in [-0.05, 0) is 93.7 Å². The van der Waals surface area contributed by atoms with E-state index in [1.54, 1.807) is 12.1 Å². The van der Waals surface area contributed by atoms with Crippen molar-refractivity contribution in [2.24, 2.45) is 0 Å². The standard InChI is InChI=1S/C42H52Cl2N4O7/c1-53-35-26-30(27-36(54-2)38(35)55-3)39(51)48-21-14-41(29-48,32-11-12-33(43)34(44)28-32)13-18-46-19-15-42(16-20-46,31-8-5-4-6-9-31)40(52)47-24-22-45(23-25-47)17-7-10-37(49)50/h4-6,8-9,11-12,26-28H,7,10,13-25,29H2,1-3H3,(H,49,50)/t41-/m0/s1. The molecule has 0 radical (unpaired) electrons. The molecule has 3 fully saturated rings. The molecule has 0 bridgehead atoms. The number of nitrogens with zero attached hydrogens (tertiary/aromatic N) is 4. The number of likely N-dealkylation sites (tertiary alicyclic amines) is 2. The number of halogens is 2. The van der Waals surface area contributed by atoms with Crippen molar-refractivity contribution in [1.29, 1.82) is 0 Å². The Morgan fingerprint density at radius 3 is 1.96 bits per heavy atom. The van der Waals surface area contributed by atoms with Crippen LogP contribution in [-0.4, -0.2) is 129 Å². The topological polar surface area (TPSA) is 112 Å². The lowest BCUT2D eigenvalue weighted by Gasteiger charge is -2.46. The Morgan fingerprint density at radius 2 is 1.36 bits per heavy atom. The van der Waals surface area contributed by atoms with Crippen LogP contribution in [0.2, 0.25) is 10.0 Å². The third kappa shape index (κ3) is 8.85. The molecule has 1 N–H and O–H groups in total. The second kappa shape index (κ2) is 17.8. The second-order valence-electron chi connectivity index (χ2n) is 15.0. The van der Waals surface area contributed by atoms with Crippen LogP contribution in [0.25, 0.3) is 0 Å². The molecule has 13 heteroatoms. The number of carbonyl (C=O) groups excluding carboxylic acids is 2. The molecule has 3 heterocycles. The SMILES string of the molecule is COc1cc(C(=O)N2CC[C@](CCN3CCC(C(=O)N4CCN(CCCC(=O)O)CC4)(c4ccccc4)CC3)(c3ccc(Cl)c(Cl)c3)C2)cc(OC)c1OC. The summed E-state index contributed by atoms with van der Waals surface area (Å²) < 4.78 is 16.6. The first-order chi connectivity index (χ1) is 26.5. The number of aliphatic carboxylic acids is 1. The number of methoxy groups -OCH3 is 3. The Labute approximate surface area is 334 Å². The van der Waals surface area contributed by atoms with Gasteiger partial charge in [0.2, 0.25) is 11.7 Å². The number of carbonyl (C=O) groups is 3. The minimum Gasteiger partial charge on any atom is -0.493 e. The highest BCUT2D eigenvalue weighted by atomic mass is 35.5. The zero-order chi connectivity index (χ0) is 39.2. The highest BCUT2D eigenvalue weighted by Gasteiger charge is 2.47. The molecular formula is C42H52Cl2N4O7. The number of piperidine rings is 1. The zero-order valence-electron chi connectivity index (χ0n) is 32.0. The van der Waals surface area contributed by atoms with E-state index in [9.17, 15) is 14.4 Å². The fourth-order valence-corrected chi connectivity index (χ4v) is 8.99. The van der Waals surface area contributed by atoms with Gasteiger partial charge in [0.25, 0.3) is 5.91 Å². The molecule has 11 nitrogen and oxygen atoms in total. The fourth-order valence-electron chi connectivity index (χ4n) is 8.69. The summed E-state index contributed by atoms with van der Waals surface area (Å²) in [6, 6.07) is 19.4. The van der Waals surface area contributed by atoms with Crippen molar-refractivity contribution in [3.63, 3.8) is 0 Å². The summed E-state index contributed by atoms with van der Waals surface area (Å²) in [4.78, 5) is 48.2. The van der Waals surface area contributed by atoms with E-state index in [-0.39, 0.29) is 23.7 Å². The minimum absolute atomic E-state index is 0.119. The number of rotatable bonds is 14. The van der Waals surface area contributed by atoms with E-state index < -0.39 is 11.4 Å². The molecule has 3 aliphatic rings. The number of hydrogen-bond donors (Lipinski definition) is 1. The van der Waals surface area contributed by atoms with Crippen LogP contribution in [0.1, 0.15) is 60.0 Å². The van der Waals surface area contributed by atoms with Crippen molar-refractivity contribution >= 4 is 41.0 Å². The number of benzene rings is 3. The number of carboxylic acid groups (broad SMARTS) is 1. The maximum absolute atomic E-state index is 14.5. The average molecular weight is 796 g/mol. The molecule has 3 saturated heterocycles. The second-order valence-corrected chi connectivity index (χ2v) is 15.8. The van der Waals surface area contributed by atoms with Crippen LogP contribution in [0.4, 0.5) is 0 Å². The van der Waals surface area contributed by atoms with E-state index in [1.807, 2.05) is 46.2 Å². The highest BCUT2D eigenvalue weighted by Crippen LogP contribution is 2.44. The number of amides is 2. The lowest BCUT2D eigenvalue weighted by molar-refractivity contribution is -0.141. The maximum atomic E-state index is 14.5. The molecule has 3 aliphatic heterocycles. The van der Waals surface area contributed by atoms with Gasteiger partial charge >= 0.3 is 5.97 Å². The van der Waals surface area contributed by atoms with Crippen molar-refractivity contribution in [2.75, 3.05) is 86.8 Å². The number of piperazine rings is 1. The van der Waals surface area contributed by atoms with Gasteiger partial charge in [0.15, 0.2) is 11.5 Å². The van der Waals surface area contributed by atoms with Crippen molar-refractivity contribution in [3.05, 3.63) is 87.4 Å². The molecule has 0 aromatic heterocycles. The molecule has 1 atom stereocenters. The van der Waals surface area contributed by atoms with Crippen molar-refractivity contribution in [1.82, 2.24) is 19.6 Å². The van der Waals surface area contributed by atoms with Gasteiger partial charge in [0, 0.05) is 56.7 Å². The van der Waals surface area contributed by atoms with Crippen molar-refractivity contribution in [2.45, 2.75) is 49.4 Å².